The molecule has 0 aliphatic heterocycles. The van der Waals surface area contributed by atoms with E-state index in [2.05, 4.69) is 25.9 Å². The number of nitrogens with two attached hydrogens (primary N) is 1. The van der Waals surface area contributed by atoms with Gasteiger partial charge >= 0.3 is 0 Å². The fraction of sp³-hybridized carbons (Fsp3) is 0.429. The van der Waals surface area contributed by atoms with Crippen molar-refractivity contribution in [2.45, 2.75) is 55.9 Å². The summed E-state index contributed by atoms with van der Waals surface area (Å²) >= 11 is 0. The number of sulfonamides is 1. The Balaban J connectivity index is 1.50. The molecule has 2 aromatic heterocycles. The summed E-state index contributed by atoms with van der Waals surface area (Å²) in [6.45, 7) is 1.91. The van der Waals surface area contributed by atoms with Crippen LogP contribution in [-0.4, -0.2) is 33.5 Å². The van der Waals surface area contributed by atoms with E-state index in [1.54, 1.807) is 28.9 Å². The number of aromatic nitrogens is 4. The SMILES string of the molecule is Cc1ccc(S(=O)(=O)NC23CCC(C#N)(CC2)CC3)cc1-c1cnc2c(N)ncnn12. The zero-order valence-electron chi connectivity index (χ0n) is 17.2. The van der Waals surface area contributed by atoms with Crippen LogP contribution in [0.2, 0.25) is 0 Å². The Morgan fingerprint density at radius 1 is 1.16 bits per heavy atom. The molecule has 3 aromatic rings. The highest BCUT2D eigenvalue weighted by Gasteiger charge is 2.50. The van der Waals surface area contributed by atoms with E-state index < -0.39 is 15.6 Å². The average Bonchev–Trinajstić information content (AvgIpc) is 3.20. The van der Waals surface area contributed by atoms with Crippen molar-refractivity contribution < 1.29 is 8.42 Å². The standard InChI is InChI=1S/C21H23N7O2S/c1-14-2-3-15(10-16(14)17-11-24-19-18(23)25-13-26-28(17)19)31(29,30)27-21-7-4-20(12-22,5-8-21)6-9-21/h2-3,10-11,13,27H,4-9H2,1H3,(H2,23,25,26). The van der Waals surface area contributed by atoms with Crippen LogP contribution in [0.4, 0.5) is 5.82 Å². The summed E-state index contributed by atoms with van der Waals surface area (Å²) in [5, 5.41) is 13.7. The Morgan fingerprint density at radius 2 is 1.87 bits per heavy atom. The highest BCUT2D eigenvalue weighted by atomic mass is 32.2. The van der Waals surface area contributed by atoms with Gasteiger partial charge in [0, 0.05) is 11.1 Å². The molecule has 3 saturated carbocycles. The monoisotopic (exact) mass is 437 g/mol. The third-order valence-electron chi connectivity index (χ3n) is 6.96. The molecular weight excluding hydrogens is 414 g/mol. The minimum absolute atomic E-state index is 0.196. The molecule has 2 heterocycles. The van der Waals surface area contributed by atoms with Crippen LogP contribution >= 0.6 is 0 Å². The highest BCUT2D eigenvalue weighted by molar-refractivity contribution is 7.89. The van der Waals surface area contributed by atoms with E-state index in [1.807, 2.05) is 6.92 Å². The molecule has 3 N–H and O–H groups in total. The van der Waals surface area contributed by atoms with Gasteiger partial charge in [-0.05, 0) is 63.1 Å². The van der Waals surface area contributed by atoms with Gasteiger partial charge in [0.05, 0.1) is 28.3 Å². The normalized spacial score (nSPS) is 25.5. The average molecular weight is 438 g/mol. The minimum atomic E-state index is -3.74. The number of nitriles is 1. The van der Waals surface area contributed by atoms with Crippen molar-refractivity contribution in [2.75, 3.05) is 5.73 Å². The Hall–Kier alpha value is -3.03. The molecule has 6 rings (SSSR count). The number of anilines is 1. The quantitative estimate of drug-likeness (QED) is 0.639. The number of aryl methyl sites for hydroxylation is 1. The second kappa shape index (κ2) is 6.73. The lowest BCUT2D eigenvalue weighted by molar-refractivity contribution is 0.0787. The summed E-state index contributed by atoms with van der Waals surface area (Å²) in [4.78, 5) is 8.43. The zero-order chi connectivity index (χ0) is 21.9. The first-order valence-electron chi connectivity index (χ1n) is 10.3. The van der Waals surface area contributed by atoms with Crippen LogP contribution in [0.3, 0.4) is 0 Å². The number of benzene rings is 1. The van der Waals surface area contributed by atoms with Gasteiger partial charge in [-0.1, -0.05) is 6.07 Å². The molecule has 10 heteroatoms. The molecule has 9 nitrogen and oxygen atoms in total. The van der Waals surface area contributed by atoms with Gasteiger partial charge in [-0.25, -0.2) is 27.6 Å². The molecule has 31 heavy (non-hydrogen) atoms. The number of rotatable bonds is 4. The van der Waals surface area contributed by atoms with Gasteiger partial charge in [0.2, 0.25) is 10.0 Å². The Labute approximate surface area is 180 Å². The molecular formula is C21H23N7O2S. The minimum Gasteiger partial charge on any atom is -0.381 e. The summed E-state index contributed by atoms with van der Waals surface area (Å²) in [5.74, 6) is 0.256. The first kappa shape index (κ1) is 19.9. The Bertz CT molecular complexity index is 1310. The number of imidazole rings is 1. The molecule has 3 aliphatic carbocycles. The van der Waals surface area contributed by atoms with Crippen molar-refractivity contribution in [3.05, 3.63) is 36.3 Å². The lowest BCUT2D eigenvalue weighted by Crippen LogP contribution is -2.56. The van der Waals surface area contributed by atoms with Crippen molar-refractivity contribution >= 4 is 21.5 Å². The van der Waals surface area contributed by atoms with Crippen LogP contribution < -0.4 is 10.5 Å². The molecule has 1 aromatic carbocycles. The molecule has 3 fully saturated rings. The van der Waals surface area contributed by atoms with Gasteiger partial charge in [-0.15, -0.1) is 0 Å². The van der Waals surface area contributed by atoms with Crippen molar-refractivity contribution in [1.82, 2.24) is 24.3 Å². The van der Waals surface area contributed by atoms with Crippen LogP contribution in [0.1, 0.15) is 44.1 Å². The van der Waals surface area contributed by atoms with E-state index >= 15 is 0 Å². The number of hydrogen-bond donors (Lipinski definition) is 2. The number of nitrogens with zero attached hydrogens (tertiary/aromatic N) is 5. The largest absolute Gasteiger partial charge is 0.381 e. The highest BCUT2D eigenvalue weighted by Crippen LogP contribution is 2.52. The molecule has 0 radical (unpaired) electrons. The van der Waals surface area contributed by atoms with Crippen LogP contribution in [0, 0.1) is 23.7 Å². The van der Waals surface area contributed by atoms with E-state index in [0.717, 1.165) is 24.8 Å². The summed E-state index contributed by atoms with van der Waals surface area (Å²) in [7, 11) is -3.74. The predicted molar refractivity (Wildman–Crippen MR) is 114 cm³/mol. The summed E-state index contributed by atoms with van der Waals surface area (Å²) in [6, 6.07) is 7.52. The van der Waals surface area contributed by atoms with Crippen molar-refractivity contribution in [3.63, 3.8) is 0 Å². The molecule has 0 atom stereocenters. The number of nitrogen functional groups attached to an aromatic ring is 1. The van der Waals surface area contributed by atoms with Crippen molar-refractivity contribution in [1.29, 1.82) is 5.26 Å². The third-order valence-corrected chi connectivity index (χ3v) is 8.54. The molecule has 0 spiro atoms. The van der Waals surface area contributed by atoms with Crippen LogP contribution in [0.5, 0.6) is 0 Å². The van der Waals surface area contributed by atoms with Gasteiger partial charge in [0.1, 0.15) is 6.33 Å². The summed E-state index contributed by atoms with van der Waals surface area (Å²) in [5.41, 5.74) is 7.82. The fourth-order valence-electron chi connectivity index (χ4n) is 4.91. The van der Waals surface area contributed by atoms with Gasteiger partial charge in [0.25, 0.3) is 0 Å². The number of nitrogens with one attached hydrogen (secondary N) is 1. The third kappa shape index (κ3) is 3.16. The fourth-order valence-corrected chi connectivity index (χ4v) is 6.43. The maximum absolute atomic E-state index is 13.3. The van der Waals surface area contributed by atoms with E-state index in [1.165, 1.54) is 6.33 Å². The topological polar surface area (TPSA) is 139 Å². The van der Waals surface area contributed by atoms with Gasteiger partial charge in [-0.3, -0.25) is 0 Å². The van der Waals surface area contributed by atoms with E-state index in [9.17, 15) is 13.7 Å². The zero-order valence-corrected chi connectivity index (χ0v) is 18.0. The Kier molecular flexibility index (Phi) is 4.32. The molecule has 0 amide bonds. The molecule has 0 saturated heterocycles. The molecule has 3 aliphatic rings. The maximum atomic E-state index is 13.3. The summed E-state index contributed by atoms with van der Waals surface area (Å²) in [6.07, 6.45) is 7.29. The lowest BCUT2D eigenvalue weighted by Gasteiger charge is -2.50. The van der Waals surface area contributed by atoms with Crippen LogP contribution in [0.25, 0.3) is 16.9 Å². The Morgan fingerprint density at radius 3 is 2.55 bits per heavy atom. The first-order valence-corrected chi connectivity index (χ1v) is 11.8. The van der Waals surface area contributed by atoms with Crippen LogP contribution in [-0.2, 0) is 10.0 Å². The van der Waals surface area contributed by atoms with E-state index in [0.29, 0.717) is 36.2 Å². The van der Waals surface area contributed by atoms with E-state index in [-0.39, 0.29) is 16.1 Å². The van der Waals surface area contributed by atoms with Gasteiger partial charge < -0.3 is 5.73 Å². The second-order valence-electron chi connectivity index (χ2n) is 8.78. The van der Waals surface area contributed by atoms with E-state index in [4.69, 9.17) is 5.73 Å². The van der Waals surface area contributed by atoms with Crippen molar-refractivity contribution in [3.8, 4) is 17.3 Å². The van der Waals surface area contributed by atoms with Gasteiger partial charge in [-0.2, -0.15) is 10.4 Å². The predicted octanol–water partition coefficient (Wildman–Crippen LogP) is 2.58. The molecule has 2 bridgehead atoms. The molecule has 0 unspecified atom stereocenters. The first-order chi connectivity index (χ1) is 14.8. The molecule has 160 valence electrons. The summed E-state index contributed by atoms with van der Waals surface area (Å²) < 4.78 is 31.2. The maximum Gasteiger partial charge on any atom is 0.241 e. The van der Waals surface area contributed by atoms with Gasteiger partial charge in [0.15, 0.2) is 11.5 Å². The van der Waals surface area contributed by atoms with Crippen molar-refractivity contribution in [2.24, 2.45) is 5.41 Å². The second-order valence-corrected chi connectivity index (χ2v) is 10.5. The number of fused-ring (bicyclic) bond motifs is 4. The van der Waals surface area contributed by atoms with Crippen LogP contribution in [0.15, 0.2) is 35.6 Å². The number of hydrogen-bond acceptors (Lipinski definition) is 7. The lowest BCUT2D eigenvalue weighted by atomic mass is 9.58. The smallest absolute Gasteiger partial charge is 0.241 e.